The summed E-state index contributed by atoms with van der Waals surface area (Å²) in [5.74, 6) is 0.926. The van der Waals surface area contributed by atoms with Gasteiger partial charge in [0.05, 0.1) is 5.01 Å². The first-order valence-electron chi connectivity index (χ1n) is 7.45. The number of rotatable bonds is 6. The second-order valence-electron chi connectivity index (χ2n) is 5.53. The van der Waals surface area contributed by atoms with Crippen LogP contribution >= 0.6 is 11.3 Å². The van der Waals surface area contributed by atoms with Crippen LogP contribution < -0.4 is 5.32 Å². The fourth-order valence-corrected chi connectivity index (χ4v) is 3.79. The molecule has 1 aromatic rings. The van der Waals surface area contributed by atoms with Crippen molar-refractivity contribution in [2.24, 2.45) is 5.92 Å². The minimum Gasteiger partial charge on any atom is -0.309 e. The Labute approximate surface area is 115 Å². The number of hydrogen-bond acceptors (Lipinski definition) is 3. The molecule has 1 aliphatic carbocycles. The SMILES string of the molecule is CCCNC(CC1CCCCC1)c1cnc(C)s1. The van der Waals surface area contributed by atoms with Crippen LogP contribution in [0.2, 0.25) is 0 Å². The molecule has 0 saturated heterocycles. The van der Waals surface area contributed by atoms with E-state index in [2.05, 4.69) is 30.3 Å². The van der Waals surface area contributed by atoms with Gasteiger partial charge in [0.15, 0.2) is 0 Å². The van der Waals surface area contributed by atoms with Gasteiger partial charge in [-0.1, -0.05) is 39.0 Å². The largest absolute Gasteiger partial charge is 0.309 e. The van der Waals surface area contributed by atoms with Crippen LogP contribution in [0.3, 0.4) is 0 Å². The molecular formula is C15H26N2S. The van der Waals surface area contributed by atoms with Crippen molar-refractivity contribution in [2.45, 2.75) is 64.8 Å². The minimum atomic E-state index is 0.541. The Bertz CT molecular complexity index is 342. The first-order chi connectivity index (χ1) is 8.79. The van der Waals surface area contributed by atoms with Crippen molar-refractivity contribution in [1.82, 2.24) is 10.3 Å². The number of nitrogens with zero attached hydrogens (tertiary/aromatic N) is 1. The van der Waals surface area contributed by atoms with Crippen LogP contribution in [0.25, 0.3) is 0 Å². The molecule has 0 radical (unpaired) electrons. The zero-order valence-corrected chi connectivity index (χ0v) is 12.6. The Balaban J connectivity index is 1.95. The van der Waals surface area contributed by atoms with Gasteiger partial charge in [0.1, 0.15) is 0 Å². The third-order valence-electron chi connectivity index (χ3n) is 3.92. The third-order valence-corrected chi connectivity index (χ3v) is 4.94. The van der Waals surface area contributed by atoms with Crippen molar-refractivity contribution in [1.29, 1.82) is 0 Å². The fourth-order valence-electron chi connectivity index (χ4n) is 2.91. The molecule has 1 saturated carbocycles. The molecule has 102 valence electrons. The van der Waals surface area contributed by atoms with Crippen LogP contribution in [0, 0.1) is 12.8 Å². The van der Waals surface area contributed by atoms with Crippen LogP contribution in [0.15, 0.2) is 6.20 Å². The molecule has 1 heterocycles. The monoisotopic (exact) mass is 266 g/mol. The van der Waals surface area contributed by atoms with Crippen molar-refractivity contribution in [3.8, 4) is 0 Å². The Morgan fingerprint density at radius 2 is 2.17 bits per heavy atom. The van der Waals surface area contributed by atoms with E-state index < -0.39 is 0 Å². The van der Waals surface area contributed by atoms with E-state index in [1.165, 1.54) is 54.8 Å². The van der Waals surface area contributed by atoms with Crippen LogP contribution in [-0.4, -0.2) is 11.5 Å². The van der Waals surface area contributed by atoms with Gasteiger partial charge >= 0.3 is 0 Å². The average molecular weight is 266 g/mol. The summed E-state index contributed by atoms with van der Waals surface area (Å²) in [5.41, 5.74) is 0. The molecule has 1 N–H and O–H groups in total. The summed E-state index contributed by atoms with van der Waals surface area (Å²) in [6, 6.07) is 0.541. The Hall–Kier alpha value is -0.410. The molecule has 3 heteroatoms. The van der Waals surface area contributed by atoms with Crippen LogP contribution in [0.4, 0.5) is 0 Å². The van der Waals surface area contributed by atoms with Crippen LogP contribution in [-0.2, 0) is 0 Å². The molecule has 1 aromatic heterocycles. The zero-order valence-electron chi connectivity index (χ0n) is 11.7. The van der Waals surface area contributed by atoms with Crippen molar-refractivity contribution in [3.05, 3.63) is 16.1 Å². The lowest BCUT2D eigenvalue weighted by Crippen LogP contribution is -2.24. The predicted octanol–water partition coefficient (Wildman–Crippen LogP) is 4.46. The topological polar surface area (TPSA) is 24.9 Å². The third kappa shape index (κ3) is 4.06. The first-order valence-corrected chi connectivity index (χ1v) is 8.27. The molecule has 0 aliphatic heterocycles. The quantitative estimate of drug-likeness (QED) is 0.822. The average Bonchev–Trinajstić information content (AvgIpc) is 2.82. The number of aromatic nitrogens is 1. The molecule has 0 spiro atoms. The molecule has 1 aliphatic rings. The predicted molar refractivity (Wildman–Crippen MR) is 79.1 cm³/mol. The van der Waals surface area contributed by atoms with Gasteiger partial charge in [-0.15, -0.1) is 11.3 Å². The molecule has 1 atom stereocenters. The summed E-state index contributed by atoms with van der Waals surface area (Å²) >= 11 is 1.86. The lowest BCUT2D eigenvalue weighted by Gasteiger charge is -2.26. The molecular weight excluding hydrogens is 240 g/mol. The molecule has 2 nitrogen and oxygen atoms in total. The van der Waals surface area contributed by atoms with Gasteiger partial charge in [-0.2, -0.15) is 0 Å². The van der Waals surface area contributed by atoms with E-state index in [0.717, 1.165) is 12.5 Å². The first kappa shape index (κ1) is 14.0. The van der Waals surface area contributed by atoms with Gasteiger partial charge < -0.3 is 5.32 Å². The van der Waals surface area contributed by atoms with Crippen molar-refractivity contribution < 1.29 is 0 Å². The van der Waals surface area contributed by atoms with Crippen molar-refractivity contribution in [3.63, 3.8) is 0 Å². The summed E-state index contributed by atoms with van der Waals surface area (Å²) < 4.78 is 0. The van der Waals surface area contributed by atoms with E-state index in [1.54, 1.807) is 0 Å². The normalized spacial score (nSPS) is 19.0. The summed E-state index contributed by atoms with van der Waals surface area (Å²) in [6.45, 7) is 5.46. The van der Waals surface area contributed by atoms with Gasteiger partial charge in [-0.25, -0.2) is 4.98 Å². The molecule has 18 heavy (non-hydrogen) atoms. The second-order valence-corrected chi connectivity index (χ2v) is 6.79. The van der Waals surface area contributed by atoms with Gasteiger partial charge in [-0.3, -0.25) is 0 Å². The highest BCUT2D eigenvalue weighted by atomic mass is 32.1. The summed E-state index contributed by atoms with van der Waals surface area (Å²) in [4.78, 5) is 5.85. The van der Waals surface area contributed by atoms with E-state index >= 15 is 0 Å². The van der Waals surface area contributed by atoms with Gasteiger partial charge in [0.2, 0.25) is 0 Å². The number of aryl methyl sites for hydroxylation is 1. The number of thiazole rings is 1. The minimum absolute atomic E-state index is 0.541. The van der Waals surface area contributed by atoms with E-state index in [-0.39, 0.29) is 0 Å². The summed E-state index contributed by atoms with van der Waals surface area (Å²) in [6.07, 6.45) is 11.8. The highest BCUT2D eigenvalue weighted by Crippen LogP contribution is 2.33. The second kappa shape index (κ2) is 7.25. The van der Waals surface area contributed by atoms with E-state index in [9.17, 15) is 0 Å². The van der Waals surface area contributed by atoms with Gasteiger partial charge in [0.25, 0.3) is 0 Å². The smallest absolute Gasteiger partial charge is 0.0897 e. The highest BCUT2D eigenvalue weighted by Gasteiger charge is 2.21. The molecule has 0 aromatic carbocycles. The molecule has 0 bridgehead atoms. The summed E-state index contributed by atoms with van der Waals surface area (Å²) in [5, 5.41) is 4.91. The number of nitrogens with one attached hydrogen (secondary N) is 1. The van der Waals surface area contributed by atoms with Crippen molar-refractivity contribution in [2.75, 3.05) is 6.54 Å². The molecule has 1 fully saturated rings. The highest BCUT2D eigenvalue weighted by molar-refractivity contribution is 7.11. The van der Waals surface area contributed by atoms with Crippen molar-refractivity contribution >= 4 is 11.3 Å². The fraction of sp³-hybridized carbons (Fsp3) is 0.800. The van der Waals surface area contributed by atoms with Crippen LogP contribution in [0.1, 0.15) is 67.8 Å². The Morgan fingerprint density at radius 1 is 1.39 bits per heavy atom. The number of hydrogen-bond donors (Lipinski definition) is 1. The Kier molecular flexibility index (Phi) is 5.64. The summed E-state index contributed by atoms with van der Waals surface area (Å²) in [7, 11) is 0. The molecule has 0 amide bonds. The van der Waals surface area contributed by atoms with Gasteiger partial charge in [-0.05, 0) is 32.2 Å². The van der Waals surface area contributed by atoms with E-state index in [0.29, 0.717) is 6.04 Å². The van der Waals surface area contributed by atoms with Gasteiger partial charge in [0, 0.05) is 17.1 Å². The lowest BCUT2D eigenvalue weighted by molar-refractivity contribution is 0.301. The Morgan fingerprint density at radius 3 is 2.78 bits per heavy atom. The standard InChI is InChI=1S/C15H26N2S/c1-3-9-16-14(15-11-17-12(2)18-15)10-13-7-5-4-6-8-13/h11,13-14,16H,3-10H2,1-2H3. The zero-order chi connectivity index (χ0) is 12.8. The maximum Gasteiger partial charge on any atom is 0.0897 e. The molecule has 2 rings (SSSR count). The molecule has 1 unspecified atom stereocenters. The van der Waals surface area contributed by atoms with E-state index in [1.807, 2.05) is 11.3 Å². The maximum atomic E-state index is 4.42. The lowest BCUT2D eigenvalue weighted by atomic mass is 9.84. The maximum absolute atomic E-state index is 4.42. The van der Waals surface area contributed by atoms with Crippen LogP contribution in [0.5, 0.6) is 0 Å². The van der Waals surface area contributed by atoms with E-state index in [4.69, 9.17) is 0 Å².